The second-order valence-electron chi connectivity index (χ2n) is 6.10. The monoisotopic (exact) mass is 344 g/mol. The number of rotatable bonds is 7. The highest BCUT2D eigenvalue weighted by Gasteiger charge is 2.37. The van der Waals surface area contributed by atoms with Crippen LogP contribution >= 0.6 is 0 Å². The van der Waals surface area contributed by atoms with Crippen LogP contribution in [0.1, 0.15) is 35.6 Å². The molecular weight excluding hydrogens is 324 g/mol. The SMILES string of the molecule is COc1ccc(NC(=O)c2ccc([C@@H]3C[C@H]3C)o2)cc1OCC(N)=O. The lowest BCUT2D eigenvalue weighted by Gasteiger charge is -2.11. The summed E-state index contributed by atoms with van der Waals surface area (Å²) in [5.74, 6) is 1.90. The minimum absolute atomic E-state index is 0.254. The molecule has 1 aliphatic rings. The Morgan fingerprint density at radius 1 is 1.28 bits per heavy atom. The van der Waals surface area contributed by atoms with Crippen LogP contribution in [0.4, 0.5) is 5.69 Å². The van der Waals surface area contributed by atoms with E-state index >= 15 is 0 Å². The zero-order valence-corrected chi connectivity index (χ0v) is 14.1. The van der Waals surface area contributed by atoms with Gasteiger partial charge in [-0.2, -0.15) is 0 Å². The van der Waals surface area contributed by atoms with Crippen LogP contribution in [-0.4, -0.2) is 25.5 Å². The molecule has 25 heavy (non-hydrogen) atoms. The van der Waals surface area contributed by atoms with Gasteiger partial charge in [-0.1, -0.05) is 6.92 Å². The van der Waals surface area contributed by atoms with Gasteiger partial charge in [-0.05, 0) is 36.6 Å². The largest absolute Gasteiger partial charge is 0.493 e. The van der Waals surface area contributed by atoms with E-state index in [1.54, 1.807) is 24.3 Å². The average molecular weight is 344 g/mol. The quantitative estimate of drug-likeness (QED) is 0.803. The summed E-state index contributed by atoms with van der Waals surface area (Å²) in [6, 6.07) is 8.38. The van der Waals surface area contributed by atoms with E-state index in [4.69, 9.17) is 19.6 Å². The zero-order chi connectivity index (χ0) is 18.0. The van der Waals surface area contributed by atoms with Crippen molar-refractivity contribution < 1.29 is 23.5 Å². The molecule has 1 aromatic carbocycles. The molecule has 0 radical (unpaired) electrons. The molecule has 0 unspecified atom stereocenters. The Bertz CT molecular complexity index is 799. The van der Waals surface area contributed by atoms with Gasteiger partial charge >= 0.3 is 0 Å². The number of hydrogen-bond acceptors (Lipinski definition) is 5. The fourth-order valence-electron chi connectivity index (χ4n) is 2.60. The molecule has 1 aromatic heterocycles. The molecule has 0 saturated heterocycles. The number of nitrogens with two attached hydrogens (primary N) is 1. The highest BCUT2D eigenvalue weighted by Crippen LogP contribution is 2.47. The number of amides is 2. The molecule has 2 amide bonds. The second-order valence-corrected chi connectivity index (χ2v) is 6.10. The van der Waals surface area contributed by atoms with E-state index in [9.17, 15) is 9.59 Å². The zero-order valence-electron chi connectivity index (χ0n) is 14.1. The fourth-order valence-corrected chi connectivity index (χ4v) is 2.60. The van der Waals surface area contributed by atoms with E-state index in [1.165, 1.54) is 7.11 Å². The van der Waals surface area contributed by atoms with Gasteiger partial charge in [0.25, 0.3) is 11.8 Å². The van der Waals surface area contributed by atoms with E-state index in [0.717, 1.165) is 12.2 Å². The molecule has 2 aromatic rings. The number of carbonyl (C=O) groups excluding carboxylic acids is 2. The summed E-state index contributed by atoms with van der Waals surface area (Å²) in [7, 11) is 1.48. The molecule has 1 saturated carbocycles. The molecule has 1 aliphatic carbocycles. The van der Waals surface area contributed by atoms with Gasteiger partial charge in [0.05, 0.1) is 7.11 Å². The third kappa shape index (κ3) is 3.93. The van der Waals surface area contributed by atoms with Crippen LogP contribution in [-0.2, 0) is 4.79 Å². The molecule has 3 N–H and O–H groups in total. The summed E-state index contributed by atoms with van der Waals surface area (Å²) >= 11 is 0. The predicted octanol–water partition coefficient (Wildman–Crippen LogP) is 2.53. The van der Waals surface area contributed by atoms with E-state index < -0.39 is 5.91 Å². The summed E-state index contributed by atoms with van der Waals surface area (Å²) in [6.07, 6.45) is 1.09. The van der Waals surface area contributed by atoms with Crippen molar-refractivity contribution >= 4 is 17.5 Å². The number of hydrogen-bond donors (Lipinski definition) is 2. The molecule has 0 bridgehead atoms. The van der Waals surface area contributed by atoms with Crippen molar-refractivity contribution in [2.75, 3.05) is 19.0 Å². The summed E-state index contributed by atoms with van der Waals surface area (Å²) in [4.78, 5) is 23.2. The van der Waals surface area contributed by atoms with Gasteiger partial charge in [-0.3, -0.25) is 9.59 Å². The van der Waals surface area contributed by atoms with Crippen LogP contribution in [0.25, 0.3) is 0 Å². The standard InChI is InChI=1S/C18H20N2O5/c1-10-7-12(10)13-5-6-15(25-13)18(22)20-11-3-4-14(23-2)16(8-11)24-9-17(19)21/h3-6,8,10,12H,7,9H2,1-2H3,(H2,19,21)(H,20,22)/t10-,12-/m1/s1. The lowest BCUT2D eigenvalue weighted by atomic mass is 10.2. The minimum atomic E-state index is -0.603. The maximum atomic E-state index is 12.3. The lowest BCUT2D eigenvalue weighted by Crippen LogP contribution is -2.20. The number of anilines is 1. The van der Waals surface area contributed by atoms with Crippen LogP contribution in [0.5, 0.6) is 11.5 Å². The molecule has 2 atom stereocenters. The van der Waals surface area contributed by atoms with Gasteiger partial charge in [-0.15, -0.1) is 0 Å². The van der Waals surface area contributed by atoms with Crippen LogP contribution in [0.3, 0.4) is 0 Å². The minimum Gasteiger partial charge on any atom is -0.493 e. The van der Waals surface area contributed by atoms with Gasteiger partial charge < -0.3 is 24.9 Å². The van der Waals surface area contributed by atoms with Crippen LogP contribution in [0.15, 0.2) is 34.7 Å². The van der Waals surface area contributed by atoms with Crippen molar-refractivity contribution in [3.05, 3.63) is 41.9 Å². The maximum absolute atomic E-state index is 12.3. The highest BCUT2D eigenvalue weighted by molar-refractivity contribution is 6.02. The number of carbonyl (C=O) groups is 2. The Hall–Kier alpha value is -2.96. The van der Waals surface area contributed by atoms with Crippen molar-refractivity contribution in [1.29, 1.82) is 0 Å². The molecule has 7 nitrogen and oxygen atoms in total. The topological polar surface area (TPSA) is 104 Å². The Balaban J connectivity index is 1.70. The molecule has 0 spiro atoms. The summed E-state index contributed by atoms with van der Waals surface area (Å²) in [5, 5.41) is 2.74. The van der Waals surface area contributed by atoms with E-state index in [1.807, 2.05) is 6.07 Å². The Morgan fingerprint density at radius 3 is 2.68 bits per heavy atom. The second kappa shape index (κ2) is 6.88. The van der Waals surface area contributed by atoms with Crippen molar-refractivity contribution in [1.82, 2.24) is 0 Å². The Morgan fingerprint density at radius 2 is 2.04 bits per heavy atom. The first kappa shape index (κ1) is 16.9. The highest BCUT2D eigenvalue weighted by atomic mass is 16.5. The van der Waals surface area contributed by atoms with Gasteiger partial charge in [0.1, 0.15) is 5.76 Å². The summed E-state index contributed by atoms with van der Waals surface area (Å²) < 4.78 is 16.1. The van der Waals surface area contributed by atoms with Crippen molar-refractivity contribution in [3.8, 4) is 11.5 Å². The molecule has 132 valence electrons. The van der Waals surface area contributed by atoms with Gasteiger partial charge in [0.2, 0.25) is 0 Å². The van der Waals surface area contributed by atoms with E-state index in [2.05, 4.69) is 12.2 Å². The third-order valence-electron chi connectivity index (χ3n) is 4.12. The first-order chi connectivity index (χ1) is 12.0. The van der Waals surface area contributed by atoms with Crippen LogP contribution in [0, 0.1) is 5.92 Å². The number of ether oxygens (including phenoxy) is 2. The van der Waals surface area contributed by atoms with Crippen molar-refractivity contribution in [2.45, 2.75) is 19.3 Å². The van der Waals surface area contributed by atoms with Crippen molar-refractivity contribution in [2.24, 2.45) is 11.7 Å². The van der Waals surface area contributed by atoms with Crippen LogP contribution in [0.2, 0.25) is 0 Å². The number of benzene rings is 1. The Labute approximate surface area is 145 Å². The Kier molecular flexibility index (Phi) is 4.65. The van der Waals surface area contributed by atoms with Gasteiger partial charge in [-0.25, -0.2) is 0 Å². The van der Waals surface area contributed by atoms with Crippen LogP contribution < -0.4 is 20.5 Å². The summed E-state index contributed by atoms with van der Waals surface area (Å²) in [5.41, 5.74) is 5.57. The van der Waals surface area contributed by atoms with E-state index in [0.29, 0.717) is 29.0 Å². The first-order valence-electron chi connectivity index (χ1n) is 7.98. The maximum Gasteiger partial charge on any atom is 0.291 e. The first-order valence-corrected chi connectivity index (χ1v) is 7.98. The molecule has 0 aliphatic heterocycles. The molecule has 3 rings (SSSR count). The van der Waals surface area contributed by atoms with E-state index in [-0.39, 0.29) is 18.3 Å². The fraction of sp³-hybridized carbons (Fsp3) is 0.333. The molecule has 1 fully saturated rings. The number of methoxy groups -OCH3 is 1. The number of primary amides is 1. The summed E-state index contributed by atoms with van der Waals surface area (Å²) in [6.45, 7) is 1.87. The third-order valence-corrected chi connectivity index (χ3v) is 4.12. The number of furan rings is 1. The smallest absolute Gasteiger partial charge is 0.291 e. The predicted molar refractivity (Wildman–Crippen MR) is 90.9 cm³/mol. The van der Waals surface area contributed by atoms with Gasteiger partial charge in [0.15, 0.2) is 23.9 Å². The molecule has 7 heteroatoms. The van der Waals surface area contributed by atoms with Gasteiger partial charge in [0, 0.05) is 17.7 Å². The number of nitrogens with one attached hydrogen (secondary N) is 1. The lowest BCUT2D eigenvalue weighted by molar-refractivity contribution is -0.119. The average Bonchev–Trinajstić information content (AvgIpc) is 3.11. The molecule has 1 heterocycles. The normalized spacial score (nSPS) is 18.5. The molecular formula is C18H20N2O5. The van der Waals surface area contributed by atoms with Crippen molar-refractivity contribution in [3.63, 3.8) is 0 Å².